The van der Waals surface area contributed by atoms with Crippen LogP contribution in [0.2, 0.25) is 0 Å². The van der Waals surface area contributed by atoms with Gasteiger partial charge in [0.1, 0.15) is 0 Å². The summed E-state index contributed by atoms with van der Waals surface area (Å²) in [6.45, 7) is 3.14. The van der Waals surface area contributed by atoms with E-state index in [1.165, 1.54) is 0 Å². The van der Waals surface area contributed by atoms with Crippen LogP contribution in [-0.2, 0) is 4.79 Å². The number of piperidine rings is 3. The van der Waals surface area contributed by atoms with Crippen molar-refractivity contribution in [1.29, 1.82) is 0 Å². The summed E-state index contributed by atoms with van der Waals surface area (Å²) < 4.78 is 0. The zero-order chi connectivity index (χ0) is 18.1. The van der Waals surface area contributed by atoms with Gasteiger partial charge in [0, 0.05) is 12.2 Å². The number of carbonyl (C=O) groups is 2. The number of aromatic carboxylic acids is 1. The van der Waals surface area contributed by atoms with E-state index in [1.807, 2.05) is 24.3 Å². The normalized spacial score (nSPS) is 24.2. The van der Waals surface area contributed by atoms with Crippen LogP contribution in [0, 0.1) is 11.8 Å². The highest BCUT2D eigenvalue weighted by Crippen LogP contribution is 2.33. The van der Waals surface area contributed by atoms with Crippen LogP contribution in [-0.4, -0.2) is 41.5 Å². The van der Waals surface area contributed by atoms with Crippen LogP contribution in [0.3, 0.4) is 0 Å². The highest BCUT2D eigenvalue weighted by atomic mass is 16.4. The maximum atomic E-state index is 12.6. The summed E-state index contributed by atoms with van der Waals surface area (Å²) >= 11 is 0. The largest absolute Gasteiger partial charge is 0.478 e. The van der Waals surface area contributed by atoms with Crippen molar-refractivity contribution < 1.29 is 14.7 Å². The molecule has 3 aliphatic heterocycles. The number of nitrogens with zero attached hydrogens (tertiary/aromatic N) is 1. The van der Waals surface area contributed by atoms with E-state index in [9.17, 15) is 9.59 Å². The van der Waals surface area contributed by atoms with Gasteiger partial charge in [0.25, 0.3) is 0 Å². The summed E-state index contributed by atoms with van der Waals surface area (Å²) in [5.74, 6) is -0.187. The van der Waals surface area contributed by atoms with Gasteiger partial charge >= 0.3 is 5.97 Å². The standard InChI is InChI=1S/C21H22N2O3/c24-20(19-13-23-11-9-16(19)10-12-23)22-18-7-5-15(6-8-18)14-1-3-17(4-2-14)21(25)26/h1-8,16,19H,9-13H2,(H,22,24)(H,25,26). The monoisotopic (exact) mass is 350 g/mol. The first kappa shape index (κ1) is 16.8. The second-order valence-corrected chi connectivity index (χ2v) is 7.19. The van der Waals surface area contributed by atoms with E-state index in [1.54, 1.807) is 24.3 Å². The van der Waals surface area contributed by atoms with Gasteiger partial charge in [0.2, 0.25) is 5.91 Å². The molecule has 0 aliphatic carbocycles. The van der Waals surface area contributed by atoms with Crippen LogP contribution in [0.1, 0.15) is 23.2 Å². The smallest absolute Gasteiger partial charge is 0.335 e. The Morgan fingerprint density at radius 1 is 0.923 bits per heavy atom. The molecule has 5 rings (SSSR count). The topological polar surface area (TPSA) is 69.6 Å². The van der Waals surface area contributed by atoms with Crippen LogP contribution in [0.15, 0.2) is 48.5 Å². The van der Waals surface area contributed by atoms with Crippen LogP contribution in [0.25, 0.3) is 11.1 Å². The van der Waals surface area contributed by atoms with Crippen molar-refractivity contribution in [3.63, 3.8) is 0 Å². The predicted molar refractivity (Wildman–Crippen MR) is 100 cm³/mol. The van der Waals surface area contributed by atoms with Crippen LogP contribution < -0.4 is 5.32 Å². The highest BCUT2D eigenvalue weighted by molar-refractivity contribution is 5.93. The molecule has 3 aliphatic rings. The molecule has 2 aromatic rings. The predicted octanol–water partition coefficient (Wildman–Crippen LogP) is 3.33. The maximum absolute atomic E-state index is 12.6. The molecule has 3 fully saturated rings. The molecule has 1 amide bonds. The Morgan fingerprint density at radius 3 is 2.00 bits per heavy atom. The average Bonchev–Trinajstić information content (AvgIpc) is 2.69. The molecule has 0 radical (unpaired) electrons. The number of fused-ring (bicyclic) bond motifs is 3. The fourth-order valence-electron chi connectivity index (χ4n) is 4.05. The molecule has 0 spiro atoms. The van der Waals surface area contributed by atoms with Crippen LogP contribution in [0.4, 0.5) is 5.69 Å². The van der Waals surface area contributed by atoms with E-state index in [0.717, 1.165) is 49.3 Å². The fraction of sp³-hybridized carbons (Fsp3) is 0.333. The maximum Gasteiger partial charge on any atom is 0.335 e. The lowest BCUT2D eigenvalue weighted by Gasteiger charge is -2.43. The number of hydrogen-bond donors (Lipinski definition) is 2. The Labute approximate surface area is 152 Å². The number of carboxylic acids is 1. The number of hydrogen-bond acceptors (Lipinski definition) is 3. The molecule has 5 heteroatoms. The second-order valence-electron chi connectivity index (χ2n) is 7.19. The molecule has 0 saturated carbocycles. The third kappa shape index (κ3) is 3.35. The summed E-state index contributed by atoms with van der Waals surface area (Å²) in [4.78, 5) is 25.9. The molecule has 2 N–H and O–H groups in total. The second kappa shape index (κ2) is 6.92. The zero-order valence-corrected chi connectivity index (χ0v) is 14.5. The molecule has 3 heterocycles. The van der Waals surface area contributed by atoms with E-state index in [2.05, 4.69) is 10.2 Å². The van der Waals surface area contributed by atoms with Crippen molar-refractivity contribution in [2.75, 3.05) is 25.0 Å². The number of carboxylic acid groups (broad SMARTS) is 1. The van der Waals surface area contributed by atoms with Crippen molar-refractivity contribution in [2.45, 2.75) is 12.8 Å². The minimum absolute atomic E-state index is 0.0979. The van der Waals surface area contributed by atoms with Gasteiger partial charge in [-0.25, -0.2) is 4.79 Å². The molecule has 26 heavy (non-hydrogen) atoms. The van der Waals surface area contributed by atoms with Crippen molar-refractivity contribution >= 4 is 17.6 Å². The molecule has 5 nitrogen and oxygen atoms in total. The minimum atomic E-state index is -0.928. The Kier molecular flexibility index (Phi) is 4.47. The number of carbonyl (C=O) groups excluding carboxylic acids is 1. The van der Waals surface area contributed by atoms with E-state index < -0.39 is 5.97 Å². The molecular weight excluding hydrogens is 328 g/mol. The molecule has 2 aromatic carbocycles. The molecule has 3 saturated heterocycles. The average molecular weight is 350 g/mol. The number of benzene rings is 2. The van der Waals surface area contributed by atoms with Gasteiger partial charge in [-0.3, -0.25) is 4.79 Å². The van der Waals surface area contributed by atoms with Gasteiger partial charge in [-0.15, -0.1) is 0 Å². The first-order chi connectivity index (χ1) is 12.6. The third-order valence-electron chi connectivity index (χ3n) is 5.61. The lowest BCUT2D eigenvalue weighted by Crippen LogP contribution is -2.51. The zero-order valence-electron chi connectivity index (χ0n) is 14.5. The number of nitrogens with one attached hydrogen (secondary N) is 1. The van der Waals surface area contributed by atoms with Crippen molar-refractivity contribution in [1.82, 2.24) is 4.90 Å². The summed E-state index contributed by atoms with van der Waals surface area (Å²) in [5.41, 5.74) is 3.01. The summed E-state index contributed by atoms with van der Waals surface area (Å²) in [7, 11) is 0. The molecule has 134 valence electrons. The first-order valence-electron chi connectivity index (χ1n) is 9.07. The lowest BCUT2D eigenvalue weighted by molar-refractivity contribution is -0.125. The Balaban J connectivity index is 1.43. The van der Waals surface area contributed by atoms with Crippen molar-refractivity contribution in [3.8, 4) is 11.1 Å². The van der Waals surface area contributed by atoms with Gasteiger partial charge in [-0.1, -0.05) is 24.3 Å². The SMILES string of the molecule is O=C(O)c1ccc(-c2ccc(NC(=O)C3CN4CCC3CC4)cc2)cc1. The molecular formula is C21H22N2O3. The summed E-state index contributed by atoms with van der Waals surface area (Å²) in [5, 5.41) is 12.0. The Bertz CT molecular complexity index is 806. The first-order valence-corrected chi connectivity index (χ1v) is 9.07. The van der Waals surface area contributed by atoms with Crippen molar-refractivity contribution in [3.05, 3.63) is 54.1 Å². The quantitative estimate of drug-likeness (QED) is 0.887. The van der Waals surface area contributed by atoms with Crippen LogP contribution in [0.5, 0.6) is 0 Å². The minimum Gasteiger partial charge on any atom is -0.478 e. The number of amides is 1. The Hall–Kier alpha value is -2.66. The van der Waals surface area contributed by atoms with Gasteiger partial charge in [-0.05, 0) is 67.2 Å². The molecule has 1 unspecified atom stereocenters. The summed E-state index contributed by atoms with van der Waals surface area (Å²) in [6, 6.07) is 14.5. The number of anilines is 1. The van der Waals surface area contributed by atoms with Gasteiger partial charge in [-0.2, -0.15) is 0 Å². The third-order valence-corrected chi connectivity index (χ3v) is 5.61. The van der Waals surface area contributed by atoms with E-state index in [4.69, 9.17) is 5.11 Å². The fourth-order valence-corrected chi connectivity index (χ4v) is 4.05. The lowest BCUT2D eigenvalue weighted by atomic mass is 9.78. The van der Waals surface area contributed by atoms with Gasteiger partial charge in [0.15, 0.2) is 0 Å². The van der Waals surface area contributed by atoms with E-state index in [0.29, 0.717) is 5.92 Å². The van der Waals surface area contributed by atoms with Crippen LogP contribution >= 0.6 is 0 Å². The van der Waals surface area contributed by atoms with Crippen molar-refractivity contribution in [2.24, 2.45) is 11.8 Å². The Morgan fingerprint density at radius 2 is 1.50 bits per heavy atom. The number of rotatable bonds is 4. The van der Waals surface area contributed by atoms with Gasteiger partial charge in [0.05, 0.1) is 11.5 Å². The molecule has 2 bridgehead atoms. The van der Waals surface area contributed by atoms with E-state index >= 15 is 0 Å². The van der Waals surface area contributed by atoms with Gasteiger partial charge < -0.3 is 15.3 Å². The van der Waals surface area contributed by atoms with E-state index in [-0.39, 0.29) is 17.4 Å². The molecule has 0 aromatic heterocycles. The highest BCUT2D eigenvalue weighted by Gasteiger charge is 2.38. The molecule has 1 atom stereocenters. The summed E-state index contributed by atoms with van der Waals surface area (Å²) in [6.07, 6.45) is 2.26.